The molecule has 0 amide bonds. The average Bonchev–Trinajstić information content (AvgIpc) is 2.48. The minimum atomic E-state index is -4.37. The van der Waals surface area contributed by atoms with Crippen molar-refractivity contribution in [2.24, 2.45) is 5.92 Å². The Morgan fingerprint density at radius 3 is 2.17 bits per heavy atom. The lowest BCUT2D eigenvalue weighted by Gasteiger charge is -2.36. The first-order valence-corrected chi connectivity index (χ1v) is 8.79. The highest BCUT2D eigenvalue weighted by atomic mass is 79.9. The molecule has 0 bridgehead atoms. The Morgan fingerprint density at radius 1 is 1.12 bits per heavy atom. The van der Waals surface area contributed by atoms with Gasteiger partial charge < -0.3 is 5.11 Å². The third-order valence-corrected chi connectivity index (χ3v) is 5.34. The first-order chi connectivity index (χ1) is 10.9. The van der Waals surface area contributed by atoms with E-state index in [0.29, 0.717) is 16.7 Å². The number of hydrogen-bond donors (Lipinski definition) is 1. The van der Waals surface area contributed by atoms with Crippen molar-refractivity contribution in [2.45, 2.75) is 37.1 Å². The first kappa shape index (κ1) is 19.7. The number of hydrogen-bond acceptors (Lipinski definition) is 1. The SMILES string of the molecule is CC1=C(C)CC(C(F)(F)C(F)(F)Br)C(C(O)c2ccc(Br)cc2)=C1. The second kappa shape index (κ2) is 6.92. The lowest BCUT2D eigenvalue weighted by Crippen LogP contribution is -2.44. The van der Waals surface area contributed by atoms with Crippen LogP contribution in [0.3, 0.4) is 0 Å². The predicted octanol–water partition coefficient (Wildman–Crippen LogP) is 6.39. The van der Waals surface area contributed by atoms with Crippen molar-refractivity contribution in [1.29, 1.82) is 0 Å². The van der Waals surface area contributed by atoms with Crippen LogP contribution in [0.1, 0.15) is 31.9 Å². The zero-order valence-electron chi connectivity index (χ0n) is 13.0. The fourth-order valence-corrected chi connectivity index (χ4v) is 3.24. The van der Waals surface area contributed by atoms with E-state index in [1.165, 1.54) is 6.08 Å². The highest BCUT2D eigenvalue weighted by Gasteiger charge is 2.61. The molecule has 0 saturated carbocycles. The zero-order chi connectivity index (χ0) is 18.3. The second-order valence-corrected chi connectivity index (χ2v) is 7.85. The van der Waals surface area contributed by atoms with Crippen molar-refractivity contribution in [2.75, 3.05) is 0 Å². The molecular formula is C17H16Br2F4O. The summed E-state index contributed by atoms with van der Waals surface area (Å²) in [5.41, 5.74) is 1.56. The summed E-state index contributed by atoms with van der Waals surface area (Å²) in [6.45, 7) is 3.34. The van der Waals surface area contributed by atoms with E-state index in [4.69, 9.17) is 0 Å². The summed E-state index contributed by atoms with van der Waals surface area (Å²) in [7, 11) is 0. The number of rotatable bonds is 4. The van der Waals surface area contributed by atoms with Crippen molar-refractivity contribution < 1.29 is 22.7 Å². The van der Waals surface area contributed by atoms with E-state index in [-0.39, 0.29) is 12.0 Å². The smallest absolute Gasteiger partial charge is 0.364 e. The molecule has 1 aromatic carbocycles. The van der Waals surface area contributed by atoms with Crippen LogP contribution in [-0.2, 0) is 0 Å². The van der Waals surface area contributed by atoms with E-state index >= 15 is 0 Å². The topological polar surface area (TPSA) is 20.2 Å². The molecule has 2 rings (SSSR count). The maximum atomic E-state index is 14.3. The molecule has 0 radical (unpaired) electrons. The van der Waals surface area contributed by atoms with Crippen molar-refractivity contribution in [3.05, 3.63) is 57.1 Å². The molecule has 0 fully saturated rings. The quantitative estimate of drug-likeness (QED) is 0.398. The van der Waals surface area contributed by atoms with Crippen LogP contribution in [0, 0.1) is 5.92 Å². The van der Waals surface area contributed by atoms with Gasteiger partial charge in [-0.25, -0.2) is 0 Å². The molecule has 2 unspecified atom stereocenters. The van der Waals surface area contributed by atoms with Crippen molar-refractivity contribution in [3.63, 3.8) is 0 Å². The maximum absolute atomic E-state index is 14.3. The van der Waals surface area contributed by atoms with Gasteiger partial charge in [-0.2, -0.15) is 17.6 Å². The van der Waals surface area contributed by atoms with E-state index in [1.807, 2.05) is 0 Å². The fourth-order valence-electron chi connectivity index (χ4n) is 2.70. The summed E-state index contributed by atoms with van der Waals surface area (Å²) in [4.78, 5) is -4.37. The van der Waals surface area contributed by atoms with Gasteiger partial charge in [0.25, 0.3) is 0 Å². The Morgan fingerprint density at radius 2 is 1.67 bits per heavy atom. The van der Waals surface area contributed by atoms with Gasteiger partial charge in [-0.05, 0) is 59.5 Å². The van der Waals surface area contributed by atoms with E-state index in [9.17, 15) is 22.7 Å². The molecule has 1 nitrogen and oxygen atoms in total. The normalized spacial score (nSPS) is 20.9. The summed E-state index contributed by atoms with van der Waals surface area (Å²) < 4.78 is 56.3. The lowest BCUT2D eigenvalue weighted by atomic mass is 9.77. The van der Waals surface area contributed by atoms with Crippen LogP contribution in [0.25, 0.3) is 0 Å². The van der Waals surface area contributed by atoms with Gasteiger partial charge >= 0.3 is 10.8 Å². The van der Waals surface area contributed by atoms with Gasteiger partial charge in [0.2, 0.25) is 0 Å². The van der Waals surface area contributed by atoms with Crippen LogP contribution in [0.2, 0.25) is 0 Å². The molecule has 1 aromatic rings. The monoisotopic (exact) mass is 470 g/mol. The van der Waals surface area contributed by atoms with Crippen LogP contribution >= 0.6 is 31.9 Å². The molecule has 0 heterocycles. The summed E-state index contributed by atoms with van der Waals surface area (Å²) in [5, 5.41) is 10.5. The van der Waals surface area contributed by atoms with E-state index in [2.05, 4.69) is 15.9 Å². The number of halogens is 6. The maximum Gasteiger partial charge on any atom is 0.364 e. The highest BCUT2D eigenvalue weighted by molar-refractivity contribution is 9.10. The van der Waals surface area contributed by atoms with Gasteiger partial charge in [-0.15, -0.1) is 0 Å². The van der Waals surface area contributed by atoms with Crippen molar-refractivity contribution in [3.8, 4) is 0 Å². The zero-order valence-corrected chi connectivity index (χ0v) is 16.1. The van der Waals surface area contributed by atoms with Crippen LogP contribution in [0.15, 0.2) is 51.5 Å². The van der Waals surface area contributed by atoms with Gasteiger partial charge in [-0.1, -0.05) is 45.3 Å². The largest absolute Gasteiger partial charge is 0.384 e. The lowest BCUT2D eigenvalue weighted by molar-refractivity contribution is -0.176. The number of alkyl halides is 5. The average molecular weight is 472 g/mol. The molecule has 132 valence electrons. The molecular weight excluding hydrogens is 456 g/mol. The van der Waals surface area contributed by atoms with Crippen LogP contribution in [0.4, 0.5) is 17.6 Å². The molecule has 1 aliphatic rings. The van der Waals surface area contributed by atoms with Crippen molar-refractivity contribution in [1.82, 2.24) is 0 Å². The number of allylic oxidation sites excluding steroid dienone is 3. The van der Waals surface area contributed by atoms with E-state index in [1.54, 1.807) is 54.0 Å². The Labute approximate surface area is 154 Å². The van der Waals surface area contributed by atoms with Crippen molar-refractivity contribution >= 4 is 31.9 Å². The fraction of sp³-hybridized carbons (Fsp3) is 0.412. The molecule has 24 heavy (non-hydrogen) atoms. The second-order valence-electron chi connectivity index (χ2n) is 5.94. The number of benzene rings is 1. The Kier molecular flexibility index (Phi) is 5.67. The van der Waals surface area contributed by atoms with Crippen LogP contribution < -0.4 is 0 Å². The van der Waals surface area contributed by atoms with Gasteiger partial charge in [0.1, 0.15) is 6.10 Å². The summed E-state index contributed by atoms with van der Waals surface area (Å²) in [6.07, 6.45) is -0.227. The predicted molar refractivity (Wildman–Crippen MR) is 92.5 cm³/mol. The minimum Gasteiger partial charge on any atom is -0.384 e. The molecule has 0 aromatic heterocycles. The molecule has 0 spiro atoms. The van der Waals surface area contributed by atoms with Gasteiger partial charge in [-0.3, -0.25) is 0 Å². The Bertz CT molecular complexity index is 675. The third kappa shape index (κ3) is 3.78. The van der Waals surface area contributed by atoms with Gasteiger partial charge in [0.15, 0.2) is 0 Å². The summed E-state index contributed by atoms with van der Waals surface area (Å²) in [5.74, 6) is -6.13. The molecule has 1 aliphatic carbocycles. The molecule has 0 saturated heterocycles. The molecule has 7 heteroatoms. The molecule has 0 aliphatic heterocycles. The van der Waals surface area contributed by atoms with E-state index < -0.39 is 22.8 Å². The minimum absolute atomic E-state index is 0.107. The van der Waals surface area contributed by atoms with Crippen LogP contribution in [0.5, 0.6) is 0 Å². The van der Waals surface area contributed by atoms with Gasteiger partial charge in [0, 0.05) is 4.47 Å². The number of aliphatic hydroxyl groups excluding tert-OH is 1. The van der Waals surface area contributed by atoms with Gasteiger partial charge in [0.05, 0.1) is 5.92 Å². The standard InChI is InChI=1S/C17H16Br2F4O/c1-9-7-13(15(24)11-3-5-12(18)6-4-11)14(8-10(9)2)16(20,21)17(19,22)23/h3-7,14-15,24H,8H2,1-2H3. The number of aliphatic hydroxyl groups is 1. The Balaban J connectivity index is 2.49. The summed E-state index contributed by atoms with van der Waals surface area (Å²) >= 11 is 5.05. The van der Waals surface area contributed by atoms with E-state index in [0.717, 1.165) is 4.47 Å². The molecule has 2 atom stereocenters. The first-order valence-electron chi connectivity index (χ1n) is 7.21. The highest BCUT2D eigenvalue weighted by Crippen LogP contribution is 2.52. The molecule has 1 N–H and O–H groups in total. The third-order valence-electron chi connectivity index (χ3n) is 4.29. The van der Waals surface area contributed by atoms with Crippen LogP contribution in [-0.4, -0.2) is 15.9 Å². The summed E-state index contributed by atoms with van der Waals surface area (Å²) in [6, 6.07) is 6.44. The Hall–Kier alpha value is -0.660.